The van der Waals surface area contributed by atoms with Crippen LogP contribution >= 0.6 is 11.8 Å². The number of pyridine rings is 1. The number of aromatic nitrogens is 1. The number of nitrogens with zero attached hydrogens (tertiary/aromatic N) is 1. The lowest BCUT2D eigenvalue weighted by molar-refractivity contribution is 0.0492. The van der Waals surface area contributed by atoms with E-state index in [4.69, 9.17) is 4.74 Å². The number of likely N-dealkylation sites (N-methyl/N-ethyl adjacent to an activating group) is 1. The zero-order valence-corrected chi connectivity index (χ0v) is 11.8. The van der Waals surface area contributed by atoms with Crippen LogP contribution in [0.1, 0.15) is 11.6 Å². The van der Waals surface area contributed by atoms with Crippen LogP contribution in [0.3, 0.4) is 0 Å². The Morgan fingerprint density at radius 3 is 3.16 bits per heavy atom. The lowest BCUT2D eigenvalue weighted by atomic mass is 9.97. The molecule has 100 valence electrons. The summed E-state index contributed by atoms with van der Waals surface area (Å²) in [4.78, 5) is 4.26. The molecule has 0 bridgehead atoms. The predicted octanol–water partition coefficient (Wildman–Crippen LogP) is 2.63. The van der Waals surface area contributed by atoms with Crippen molar-refractivity contribution >= 4 is 22.5 Å². The fraction of sp³-hybridized carbons (Fsp3) is 0.400. The molecule has 0 amide bonds. The SMILES string of the molecule is CNC(c1cccc2ccncc12)C1CSCCO1. The summed E-state index contributed by atoms with van der Waals surface area (Å²) in [6.45, 7) is 0.844. The third-order valence-electron chi connectivity index (χ3n) is 3.58. The summed E-state index contributed by atoms with van der Waals surface area (Å²) in [6.07, 6.45) is 4.02. The van der Waals surface area contributed by atoms with Crippen LogP contribution in [-0.2, 0) is 4.74 Å². The van der Waals surface area contributed by atoms with Gasteiger partial charge in [-0.05, 0) is 24.1 Å². The second kappa shape index (κ2) is 5.90. The third-order valence-corrected chi connectivity index (χ3v) is 4.60. The number of rotatable bonds is 3. The standard InChI is InChI=1S/C15H18N2OS/c1-16-15(14-10-19-8-7-18-14)12-4-2-3-11-5-6-17-9-13(11)12/h2-6,9,14-16H,7-8,10H2,1H3. The number of ether oxygens (including phenoxy) is 1. The van der Waals surface area contributed by atoms with Gasteiger partial charge in [-0.3, -0.25) is 4.98 Å². The van der Waals surface area contributed by atoms with Gasteiger partial charge in [0.1, 0.15) is 0 Å². The van der Waals surface area contributed by atoms with Crippen LogP contribution in [-0.4, -0.2) is 36.2 Å². The summed E-state index contributed by atoms with van der Waals surface area (Å²) >= 11 is 1.97. The highest BCUT2D eigenvalue weighted by Crippen LogP contribution is 2.29. The summed E-state index contributed by atoms with van der Waals surface area (Å²) in [5, 5.41) is 5.86. The molecule has 1 saturated heterocycles. The van der Waals surface area contributed by atoms with Crippen LogP contribution in [0, 0.1) is 0 Å². The average molecular weight is 274 g/mol. The highest BCUT2D eigenvalue weighted by atomic mass is 32.2. The molecule has 0 saturated carbocycles. The van der Waals surface area contributed by atoms with Crippen LogP contribution in [0.2, 0.25) is 0 Å². The first-order valence-corrected chi connectivity index (χ1v) is 7.75. The fourth-order valence-electron chi connectivity index (χ4n) is 2.65. The second-order valence-electron chi connectivity index (χ2n) is 4.69. The van der Waals surface area contributed by atoms with Crippen molar-refractivity contribution in [3.8, 4) is 0 Å². The minimum atomic E-state index is 0.223. The van der Waals surface area contributed by atoms with Crippen LogP contribution in [0.5, 0.6) is 0 Å². The van der Waals surface area contributed by atoms with Crippen molar-refractivity contribution in [2.45, 2.75) is 12.1 Å². The Hall–Kier alpha value is -1.10. The molecule has 1 aromatic carbocycles. The highest BCUT2D eigenvalue weighted by Gasteiger charge is 2.26. The largest absolute Gasteiger partial charge is 0.375 e. The van der Waals surface area contributed by atoms with Gasteiger partial charge in [0.05, 0.1) is 18.8 Å². The summed E-state index contributed by atoms with van der Waals surface area (Å²) in [5.41, 5.74) is 1.28. The van der Waals surface area contributed by atoms with Crippen molar-refractivity contribution in [3.05, 3.63) is 42.2 Å². The smallest absolute Gasteiger partial charge is 0.0860 e. The molecule has 1 N–H and O–H groups in total. The number of nitrogens with one attached hydrogen (secondary N) is 1. The normalized spacial score (nSPS) is 21.4. The number of benzene rings is 1. The summed E-state index contributed by atoms with van der Waals surface area (Å²) in [5.74, 6) is 2.15. The minimum Gasteiger partial charge on any atom is -0.375 e. The summed E-state index contributed by atoms with van der Waals surface area (Å²) in [7, 11) is 2.00. The van der Waals surface area contributed by atoms with Crippen molar-refractivity contribution in [1.82, 2.24) is 10.3 Å². The molecular weight excluding hydrogens is 256 g/mol. The second-order valence-corrected chi connectivity index (χ2v) is 5.84. The van der Waals surface area contributed by atoms with Gasteiger partial charge in [0.15, 0.2) is 0 Å². The van der Waals surface area contributed by atoms with E-state index >= 15 is 0 Å². The molecule has 1 fully saturated rings. The molecule has 2 heterocycles. The molecule has 2 atom stereocenters. The first-order chi connectivity index (χ1) is 9.40. The Bertz CT molecular complexity index is 549. The quantitative estimate of drug-likeness (QED) is 0.933. The van der Waals surface area contributed by atoms with Gasteiger partial charge < -0.3 is 10.1 Å². The average Bonchev–Trinajstić information content (AvgIpc) is 2.49. The van der Waals surface area contributed by atoms with Gasteiger partial charge >= 0.3 is 0 Å². The molecule has 3 rings (SSSR count). The van der Waals surface area contributed by atoms with Crippen molar-refractivity contribution in [3.63, 3.8) is 0 Å². The lowest BCUT2D eigenvalue weighted by Gasteiger charge is -2.30. The van der Waals surface area contributed by atoms with Gasteiger partial charge in [-0.1, -0.05) is 18.2 Å². The predicted molar refractivity (Wildman–Crippen MR) is 80.6 cm³/mol. The van der Waals surface area contributed by atoms with Gasteiger partial charge in [-0.2, -0.15) is 11.8 Å². The number of fused-ring (bicyclic) bond motifs is 1. The van der Waals surface area contributed by atoms with Gasteiger partial charge in [-0.15, -0.1) is 0 Å². The van der Waals surface area contributed by atoms with E-state index in [2.05, 4.69) is 34.6 Å². The summed E-state index contributed by atoms with van der Waals surface area (Å²) < 4.78 is 5.93. The van der Waals surface area contributed by atoms with E-state index in [1.807, 2.05) is 31.2 Å². The van der Waals surface area contributed by atoms with Crippen LogP contribution in [0.4, 0.5) is 0 Å². The van der Waals surface area contributed by atoms with E-state index < -0.39 is 0 Å². The minimum absolute atomic E-state index is 0.223. The maximum absolute atomic E-state index is 5.93. The van der Waals surface area contributed by atoms with Gasteiger partial charge in [0.25, 0.3) is 0 Å². The number of hydrogen-bond acceptors (Lipinski definition) is 4. The lowest BCUT2D eigenvalue weighted by Crippen LogP contribution is -2.36. The van der Waals surface area contributed by atoms with Crippen molar-refractivity contribution in [2.24, 2.45) is 0 Å². The molecule has 2 unspecified atom stereocenters. The first-order valence-electron chi connectivity index (χ1n) is 6.59. The van der Waals surface area contributed by atoms with E-state index in [0.29, 0.717) is 0 Å². The van der Waals surface area contributed by atoms with E-state index in [9.17, 15) is 0 Å². The molecule has 0 radical (unpaired) electrons. The number of thioether (sulfide) groups is 1. The van der Waals surface area contributed by atoms with E-state index in [1.165, 1.54) is 16.3 Å². The Balaban J connectivity index is 2.00. The Morgan fingerprint density at radius 1 is 1.42 bits per heavy atom. The first kappa shape index (κ1) is 12.9. The molecule has 1 aliphatic rings. The van der Waals surface area contributed by atoms with Crippen LogP contribution < -0.4 is 5.32 Å². The van der Waals surface area contributed by atoms with Gasteiger partial charge in [-0.25, -0.2) is 0 Å². The molecule has 0 spiro atoms. The van der Waals surface area contributed by atoms with Crippen molar-refractivity contribution in [1.29, 1.82) is 0 Å². The Labute approximate surface area is 117 Å². The van der Waals surface area contributed by atoms with Crippen molar-refractivity contribution in [2.75, 3.05) is 25.2 Å². The van der Waals surface area contributed by atoms with E-state index in [0.717, 1.165) is 18.1 Å². The van der Waals surface area contributed by atoms with E-state index in [1.54, 1.807) is 0 Å². The van der Waals surface area contributed by atoms with Gasteiger partial charge in [0, 0.05) is 29.3 Å². The molecular formula is C15H18N2OS. The maximum Gasteiger partial charge on any atom is 0.0860 e. The monoisotopic (exact) mass is 274 g/mol. The van der Waals surface area contributed by atoms with Crippen LogP contribution in [0.15, 0.2) is 36.7 Å². The van der Waals surface area contributed by atoms with Crippen molar-refractivity contribution < 1.29 is 4.74 Å². The van der Waals surface area contributed by atoms with Crippen LogP contribution in [0.25, 0.3) is 10.8 Å². The Morgan fingerprint density at radius 2 is 2.37 bits per heavy atom. The highest BCUT2D eigenvalue weighted by molar-refractivity contribution is 7.99. The molecule has 3 nitrogen and oxygen atoms in total. The molecule has 19 heavy (non-hydrogen) atoms. The number of hydrogen-bond donors (Lipinski definition) is 1. The fourth-order valence-corrected chi connectivity index (χ4v) is 3.55. The Kier molecular flexibility index (Phi) is 4.01. The molecule has 0 aliphatic carbocycles. The molecule has 1 aliphatic heterocycles. The maximum atomic E-state index is 5.93. The zero-order valence-electron chi connectivity index (χ0n) is 11.0. The third kappa shape index (κ3) is 2.61. The summed E-state index contributed by atoms with van der Waals surface area (Å²) in [6, 6.07) is 8.69. The molecule has 2 aromatic rings. The van der Waals surface area contributed by atoms with E-state index in [-0.39, 0.29) is 12.1 Å². The topological polar surface area (TPSA) is 34.2 Å². The van der Waals surface area contributed by atoms with Gasteiger partial charge in [0.2, 0.25) is 0 Å². The molecule has 4 heteroatoms. The zero-order chi connectivity index (χ0) is 13.1. The molecule has 1 aromatic heterocycles.